The lowest BCUT2D eigenvalue weighted by atomic mass is 10.2. The monoisotopic (exact) mass is 357 g/mol. The first kappa shape index (κ1) is 15.8. The van der Waals surface area contributed by atoms with Crippen molar-refractivity contribution >= 4 is 22.4 Å². The SMILES string of the molecule is O=C(Nc1nc(-c2ccco2)cs1)c1ccnc(OC2CCOC2)c1. The number of ether oxygens (including phenoxy) is 2. The Hall–Kier alpha value is -2.71. The number of furan rings is 1. The van der Waals surface area contributed by atoms with Gasteiger partial charge in [-0.25, -0.2) is 9.97 Å². The quantitative estimate of drug-likeness (QED) is 0.754. The molecule has 0 spiro atoms. The minimum atomic E-state index is -0.268. The fourth-order valence-electron chi connectivity index (χ4n) is 2.43. The van der Waals surface area contributed by atoms with Crippen LogP contribution in [0.15, 0.2) is 46.5 Å². The molecule has 0 saturated carbocycles. The van der Waals surface area contributed by atoms with E-state index in [9.17, 15) is 4.79 Å². The number of rotatable bonds is 5. The van der Waals surface area contributed by atoms with Crippen LogP contribution in [0, 0.1) is 0 Å². The molecule has 0 aromatic carbocycles. The number of anilines is 1. The summed E-state index contributed by atoms with van der Waals surface area (Å²) in [5.74, 6) is 0.809. The average molecular weight is 357 g/mol. The molecular weight excluding hydrogens is 342 g/mol. The third-order valence-corrected chi connectivity index (χ3v) is 4.43. The number of carbonyl (C=O) groups is 1. The van der Waals surface area contributed by atoms with Gasteiger partial charge < -0.3 is 13.9 Å². The molecule has 1 aliphatic rings. The van der Waals surface area contributed by atoms with Crippen molar-refractivity contribution in [1.29, 1.82) is 0 Å². The Balaban J connectivity index is 1.44. The van der Waals surface area contributed by atoms with E-state index in [2.05, 4.69) is 15.3 Å². The number of nitrogens with zero attached hydrogens (tertiary/aromatic N) is 2. The summed E-state index contributed by atoms with van der Waals surface area (Å²) in [5, 5.41) is 5.11. The topological polar surface area (TPSA) is 86.5 Å². The van der Waals surface area contributed by atoms with Crippen molar-refractivity contribution in [2.24, 2.45) is 0 Å². The average Bonchev–Trinajstić information content (AvgIpc) is 3.37. The van der Waals surface area contributed by atoms with Crippen LogP contribution in [-0.4, -0.2) is 35.2 Å². The Kier molecular flexibility index (Phi) is 4.45. The molecule has 1 saturated heterocycles. The summed E-state index contributed by atoms with van der Waals surface area (Å²) in [6, 6.07) is 6.86. The van der Waals surface area contributed by atoms with E-state index in [1.165, 1.54) is 11.3 Å². The maximum Gasteiger partial charge on any atom is 0.257 e. The Morgan fingerprint density at radius 1 is 1.40 bits per heavy atom. The zero-order valence-electron chi connectivity index (χ0n) is 13.2. The first-order valence-electron chi connectivity index (χ1n) is 7.79. The molecule has 0 aliphatic carbocycles. The first-order chi connectivity index (χ1) is 12.3. The van der Waals surface area contributed by atoms with Crippen LogP contribution in [0.2, 0.25) is 0 Å². The number of pyridine rings is 1. The second-order valence-electron chi connectivity index (χ2n) is 5.46. The Morgan fingerprint density at radius 2 is 2.36 bits per heavy atom. The van der Waals surface area contributed by atoms with Crippen LogP contribution in [0.3, 0.4) is 0 Å². The summed E-state index contributed by atoms with van der Waals surface area (Å²) in [4.78, 5) is 20.9. The highest BCUT2D eigenvalue weighted by Crippen LogP contribution is 2.25. The molecule has 1 unspecified atom stereocenters. The standard InChI is InChI=1S/C17H15N3O4S/c21-16(20-17-19-13(10-25-17)14-2-1-6-23-14)11-3-5-18-15(8-11)24-12-4-7-22-9-12/h1-3,5-6,8,10,12H,4,7,9H2,(H,19,20,21). The van der Waals surface area contributed by atoms with E-state index in [1.54, 1.807) is 30.7 Å². The van der Waals surface area contributed by atoms with Crippen LogP contribution in [0.25, 0.3) is 11.5 Å². The molecule has 25 heavy (non-hydrogen) atoms. The number of thiazole rings is 1. The summed E-state index contributed by atoms with van der Waals surface area (Å²) >= 11 is 1.33. The van der Waals surface area contributed by atoms with Crippen LogP contribution >= 0.6 is 11.3 Å². The molecule has 1 atom stereocenters. The number of hydrogen-bond acceptors (Lipinski definition) is 7. The van der Waals surface area contributed by atoms with Gasteiger partial charge in [-0.1, -0.05) is 0 Å². The van der Waals surface area contributed by atoms with Gasteiger partial charge in [0.25, 0.3) is 5.91 Å². The summed E-state index contributed by atoms with van der Waals surface area (Å²) in [7, 11) is 0. The molecule has 128 valence electrons. The van der Waals surface area contributed by atoms with Crippen LogP contribution < -0.4 is 10.1 Å². The van der Waals surface area contributed by atoms with E-state index < -0.39 is 0 Å². The van der Waals surface area contributed by atoms with E-state index in [1.807, 2.05) is 11.4 Å². The third-order valence-electron chi connectivity index (χ3n) is 3.67. The van der Waals surface area contributed by atoms with Gasteiger partial charge in [0.05, 0.1) is 19.5 Å². The summed E-state index contributed by atoms with van der Waals surface area (Å²) in [6.45, 7) is 1.24. The van der Waals surface area contributed by atoms with Crippen LogP contribution in [0.1, 0.15) is 16.8 Å². The second-order valence-corrected chi connectivity index (χ2v) is 6.31. The van der Waals surface area contributed by atoms with E-state index in [0.717, 1.165) is 6.42 Å². The van der Waals surface area contributed by atoms with Gasteiger partial charge in [0.2, 0.25) is 5.88 Å². The molecule has 7 nitrogen and oxygen atoms in total. The molecule has 1 amide bonds. The molecule has 1 N–H and O–H groups in total. The van der Waals surface area contributed by atoms with Gasteiger partial charge in [-0.15, -0.1) is 11.3 Å². The minimum Gasteiger partial charge on any atom is -0.472 e. The van der Waals surface area contributed by atoms with Crippen molar-refractivity contribution in [3.63, 3.8) is 0 Å². The number of nitrogens with one attached hydrogen (secondary N) is 1. The number of carbonyl (C=O) groups excluding carboxylic acids is 1. The van der Waals surface area contributed by atoms with Crippen molar-refractivity contribution in [2.75, 3.05) is 18.5 Å². The smallest absolute Gasteiger partial charge is 0.257 e. The number of aromatic nitrogens is 2. The maximum absolute atomic E-state index is 12.4. The fourth-order valence-corrected chi connectivity index (χ4v) is 3.12. The van der Waals surface area contributed by atoms with Crippen LogP contribution in [0.5, 0.6) is 5.88 Å². The highest BCUT2D eigenvalue weighted by molar-refractivity contribution is 7.14. The second kappa shape index (κ2) is 7.04. The Bertz CT molecular complexity index is 856. The Labute approximate surface area is 147 Å². The van der Waals surface area contributed by atoms with Gasteiger partial charge in [0, 0.05) is 29.6 Å². The van der Waals surface area contributed by atoms with Crippen molar-refractivity contribution in [3.8, 4) is 17.3 Å². The highest BCUT2D eigenvalue weighted by atomic mass is 32.1. The minimum absolute atomic E-state index is 0.0133. The van der Waals surface area contributed by atoms with Gasteiger partial charge in [-0.3, -0.25) is 10.1 Å². The van der Waals surface area contributed by atoms with Gasteiger partial charge >= 0.3 is 0 Å². The zero-order valence-corrected chi connectivity index (χ0v) is 14.0. The molecule has 0 radical (unpaired) electrons. The molecule has 8 heteroatoms. The highest BCUT2D eigenvalue weighted by Gasteiger charge is 2.18. The maximum atomic E-state index is 12.4. The molecule has 1 fully saturated rings. The van der Waals surface area contributed by atoms with Crippen molar-refractivity contribution in [3.05, 3.63) is 47.7 Å². The predicted molar refractivity (Wildman–Crippen MR) is 91.9 cm³/mol. The van der Waals surface area contributed by atoms with Gasteiger partial charge in [0.15, 0.2) is 10.9 Å². The first-order valence-corrected chi connectivity index (χ1v) is 8.67. The largest absolute Gasteiger partial charge is 0.472 e. The van der Waals surface area contributed by atoms with Gasteiger partial charge in [0.1, 0.15) is 11.8 Å². The van der Waals surface area contributed by atoms with Gasteiger partial charge in [-0.05, 0) is 18.2 Å². The molecule has 0 bridgehead atoms. The predicted octanol–water partition coefficient (Wildman–Crippen LogP) is 3.22. The molecular formula is C17H15N3O4S. The lowest BCUT2D eigenvalue weighted by Crippen LogP contribution is -2.17. The van der Waals surface area contributed by atoms with E-state index >= 15 is 0 Å². The Morgan fingerprint density at radius 3 is 3.16 bits per heavy atom. The van der Waals surface area contributed by atoms with E-state index in [4.69, 9.17) is 13.9 Å². The molecule has 1 aliphatic heterocycles. The van der Waals surface area contributed by atoms with Crippen molar-refractivity contribution in [2.45, 2.75) is 12.5 Å². The summed E-state index contributed by atoms with van der Waals surface area (Å²) in [6.07, 6.45) is 3.95. The lowest BCUT2D eigenvalue weighted by Gasteiger charge is -2.11. The van der Waals surface area contributed by atoms with Crippen molar-refractivity contribution in [1.82, 2.24) is 9.97 Å². The van der Waals surface area contributed by atoms with Crippen LogP contribution in [0.4, 0.5) is 5.13 Å². The van der Waals surface area contributed by atoms with Gasteiger partial charge in [-0.2, -0.15) is 0 Å². The molecule has 3 aromatic heterocycles. The lowest BCUT2D eigenvalue weighted by molar-refractivity contribution is 0.102. The fraction of sp³-hybridized carbons (Fsp3) is 0.235. The summed E-state index contributed by atoms with van der Waals surface area (Å²) < 4.78 is 16.3. The van der Waals surface area contributed by atoms with E-state index in [-0.39, 0.29) is 12.0 Å². The number of amides is 1. The number of hydrogen-bond donors (Lipinski definition) is 1. The normalized spacial score (nSPS) is 16.7. The summed E-state index contributed by atoms with van der Waals surface area (Å²) in [5.41, 5.74) is 1.14. The molecule has 4 heterocycles. The molecule has 4 rings (SSSR count). The van der Waals surface area contributed by atoms with E-state index in [0.29, 0.717) is 41.2 Å². The molecule has 3 aromatic rings. The van der Waals surface area contributed by atoms with Crippen molar-refractivity contribution < 1.29 is 18.7 Å². The van der Waals surface area contributed by atoms with Crippen LogP contribution in [-0.2, 0) is 4.74 Å². The third kappa shape index (κ3) is 3.70. The zero-order chi connectivity index (χ0) is 17.1.